The molecule has 2 aromatic rings. The Bertz CT molecular complexity index is 500. The van der Waals surface area contributed by atoms with Crippen LogP contribution in [-0.4, -0.2) is 19.9 Å². The maximum atomic E-state index is 4.61. The fourth-order valence-corrected chi connectivity index (χ4v) is 3.54. The van der Waals surface area contributed by atoms with Crippen LogP contribution in [0.3, 0.4) is 0 Å². The van der Waals surface area contributed by atoms with E-state index in [0.29, 0.717) is 5.92 Å². The van der Waals surface area contributed by atoms with Crippen molar-refractivity contribution < 1.29 is 0 Å². The van der Waals surface area contributed by atoms with Crippen molar-refractivity contribution in [2.75, 3.05) is 0 Å². The van der Waals surface area contributed by atoms with E-state index in [4.69, 9.17) is 0 Å². The van der Waals surface area contributed by atoms with Gasteiger partial charge in [0, 0.05) is 5.92 Å². The number of hydrogen-bond donors (Lipinski definition) is 1. The Labute approximate surface area is 93.5 Å². The van der Waals surface area contributed by atoms with Gasteiger partial charge in [0.25, 0.3) is 0 Å². The first kappa shape index (κ1) is 8.67. The molecule has 2 aliphatic carbocycles. The average molecular weight is 214 g/mol. The molecular formula is C12H14N4. The molecule has 4 rings (SSSR count). The van der Waals surface area contributed by atoms with Gasteiger partial charge in [-0.05, 0) is 31.1 Å². The first-order valence-electron chi connectivity index (χ1n) is 6.06. The molecule has 0 aliphatic heterocycles. The molecule has 2 fully saturated rings. The molecule has 3 unspecified atom stereocenters. The van der Waals surface area contributed by atoms with E-state index in [0.717, 1.165) is 28.8 Å². The summed E-state index contributed by atoms with van der Waals surface area (Å²) in [5.41, 5.74) is 1.79. The summed E-state index contributed by atoms with van der Waals surface area (Å²) in [6.45, 7) is 0. The molecule has 2 aliphatic rings. The number of H-pyrrole nitrogens is 1. The highest BCUT2D eigenvalue weighted by atomic mass is 15.0. The normalized spacial score (nSPS) is 32.6. The van der Waals surface area contributed by atoms with Crippen LogP contribution in [-0.2, 0) is 0 Å². The lowest BCUT2D eigenvalue weighted by atomic mass is 9.88. The molecule has 2 saturated carbocycles. The predicted octanol–water partition coefficient (Wildman–Crippen LogP) is 2.26. The van der Waals surface area contributed by atoms with E-state index in [-0.39, 0.29) is 0 Å². The standard InChI is InChI=1S/C12H14N4/c1-2-8-3-7(1)4-9(8)11-15-10-5-13-6-14-12(10)16-11/h5-9H,1-4H2,(H,13,14,15,16). The van der Waals surface area contributed by atoms with E-state index < -0.39 is 0 Å². The quantitative estimate of drug-likeness (QED) is 0.792. The van der Waals surface area contributed by atoms with Crippen LogP contribution in [0.25, 0.3) is 11.2 Å². The zero-order chi connectivity index (χ0) is 10.5. The SMILES string of the molecule is c1ncc2[nH]c(C3CC4CCC3C4)nc2n1. The van der Waals surface area contributed by atoms with Crippen LogP contribution >= 0.6 is 0 Å². The molecule has 16 heavy (non-hydrogen) atoms. The van der Waals surface area contributed by atoms with E-state index >= 15 is 0 Å². The summed E-state index contributed by atoms with van der Waals surface area (Å²) in [4.78, 5) is 16.2. The Hall–Kier alpha value is -1.45. The summed E-state index contributed by atoms with van der Waals surface area (Å²) in [5, 5.41) is 0. The van der Waals surface area contributed by atoms with Gasteiger partial charge in [-0.3, -0.25) is 0 Å². The third kappa shape index (κ3) is 1.13. The minimum absolute atomic E-state index is 0.646. The molecule has 0 radical (unpaired) electrons. The molecule has 0 amide bonds. The van der Waals surface area contributed by atoms with E-state index in [1.54, 1.807) is 6.33 Å². The molecule has 0 aromatic carbocycles. The molecule has 4 nitrogen and oxygen atoms in total. The Morgan fingerprint density at radius 1 is 1.25 bits per heavy atom. The van der Waals surface area contributed by atoms with Crippen LogP contribution in [0.15, 0.2) is 12.5 Å². The number of nitrogens with zero attached hydrogens (tertiary/aromatic N) is 3. The summed E-state index contributed by atoms with van der Waals surface area (Å²) in [6, 6.07) is 0. The molecule has 0 saturated heterocycles. The molecular weight excluding hydrogens is 200 g/mol. The first-order chi connectivity index (χ1) is 7.90. The van der Waals surface area contributed by atoms with Crippen molar-refractivity contribution in [3.05, 3.63) is 18.3 Å². The van der Waals surface area contributed by atoms with Gasteiger partial charge in [0.05, 0.1) is 6.20 Å². The number of fused-ring (bicyclic) bond motifs is 3. The number of rotatable bonds is 1. The van der Waals surface area contributed by atoms with Crippen molar-refractivity contribution in [1.29, 1.82) is 0 Å². The summed E-state index contributed by atoms with van der Waals surface area (Å²) < 4.78 is 0. The van der Waals surface area contributed by atoms with Gasteiger partial charge in [-0.15, -0.1) is 0 Å². The monoisotopic (exact) mass is 214 g/mol. The molecule has 82 valence electrons. The summed E-state index contributed by atoms with van der Waals surface area (Å²) in [6.07, 6.45) is 8.92. The van der Waals surface area contributed by atoms with E-state index in [2.05, 4.69) is 19.9 Å². The Balaban J connectivity index is 1.76. The maximum Gasteiger partial charge on any atom is 0.180 e. The summed E-state index contributed by atoms with van der Waals surface area (Å²) in [7, 11) is 0. The minimum Gasteiger partial charge on any atom is -0.339 e. The molecule has 4 heteroatoms. The molecule has 2 heterocycles. The molecule has 1 N–H and O–H groups in total. The minimum atomic E-state index is 0.646. The Morgan fingerprint density at radius 3 is 3.00 bits per heavy atom. The van der Waals surface area contributed by atoms with Crippen molar-refractivity contribution in [3.8, 4) is 0 Å². The number of nitrogens with one attached hydrogen (secondary N) is 1. The highest BCUT2D eigenvalue weighted by molar-refractivity contribution is 5.68. The Morgan fingerprint density at radius 2 is 2.25 bits per heavy atom. The summed E-state index contributed by atoms with van der Waals surface area (Å²) in [5.74, 6) is 3.60. The van der Waals surface area contributed by atoms with Gasteiger partial charge in [0.2, 0.25) is 0 Å². The topological polar surface area (TPSA) is 54.5 Å². The van der Waals surface area contributed by atoms with Crippen molar-refractivity contribution in [2.24, 2.45) is 11.8 Å². The molecule has 2 aromatic heterocycles. The van der Waals surface area contributed by atoms with Crippen LogP contribution in [0.2, 0.25) is 0 Å². The third-order valence-corrected chi connectivity index (χ3v) is 4.27. The average Bonchev–Trinajstić information content (AvgIpc) is 3.02. The van der Waals surface area contributed by atoms with Gasteiger partial charge < -0.3 is 4.98 Å². The van der Waals surface area contributed by atoms with Crippen molar-refractivity contribution in [3.63, 3.8) is 0 Å². The van der Waals surface area contributed by atoms with Crippen molar-refractivity contribution in [1.82, 2.24) is 19.9 Å². The zero-order valence-electron chi connectivity index (χ0n) is 9.06. The van der Waals surface area contributed by atoms with Crippen LogP contribution in [0.4, 0.5) is 0 Å². The number of aromatic nitrogens is 4. The smallest absolute Gasteiger partial charge is 0.180 e. The van der Waals surface area contributed by atoms with Gasteiger partial charge in [-0.1, -0.05) is 6.42 Å². The van der Waals surface area contributed by atoms with Crippen LogP contribution in [0.1, 0.15) is 37.4 Å². The van der Waals surface area contributed by atoms with Crippen LogP contribution in [0.5, 0.6) is 0 Å². The fraction of sp³-hybridized carbons (Fsp3) is 0.583. The second kappa shape index (κ2) is 3.03. The maximum absolute atomic E-state index is 4.61. The van der Waals surface area contributed by atoms with Gasteiger partial charge in [-0.25, -0.2) is 15.0 Å². The van der Waals surface area contributed by atoms with Gasteiger partial charge in [0.15, 0.2) is 5.65 Å². The highest BCUT2D eigenvalue weighted by Gasteiger charge is 2.41. The lowest BCUT2D eigenvalue weighted by Gasteiger charge is -2.18. The van der Waals surface area contributed by atoms with E-state index in [1.165, 1.54) is 25.7 Å². The van der Waals surface area contributed by atoms with Crippen LogP contribution < -0.4 is 0 Å². The first-order valence-corrected chi connectivity index (χ1v) is 6.06. The van der Waals surface area contributed by atoms with Crippen molar-refractivity contribution in [2.45, 2.75) is 31.6 Å². The van der Waals surface area contributed by atoms with E-state index in [1.807, 2.05) is 6.20 Å². The van der Waals surface area contributed by atoms with Crippen LogP contribution in [0, 0.1) is 11.8 Å². The number of hydrogen-bond acceptors (Lipinski definition) is 3. The predicted molar refractivity (Wildman–Crippen MR) is 59.9 cm³/mol. The van der Waals surface area contributed by atoms with Gasteiger partial charge in [-0.2, -0.15) is 0 Å². The van der Waals surface area contributed by atoms with E-state index in [9.17, 15) is 0 Å². The fourth-order valence-electron chi connectivity index (χ4n) is 3.54. The number of imidazole rings is 1. The Kier molecular flexibility index (Phi) is 1.64. The number of aromatic amines is 1. The lowest BCUT2D eigenvalue weighted by Crippen LogP contribution is -2.09. The molecule has 2 bridgehead atoms. The zero-order valence-corrected chi connectivity index (χ0v) is 9.06. The second-order valence-corrected chi connectivity index (χ2v) is 5.16. The largest absolute Gasteiger partial charge is 0.339 e. The molecule has 0 spiro atoms. The van der Waals surface area contributed by atoms with Gasteiger partial charge in [0.1, 0.15) is 17.7 Å². The molecule has 3 atom stereocenters. The highest BCUT2D eigenvalue weighted by Crippen LogP contribution is 2.52. The third-order valence-electron chi connectivity index (χ3n) is 4.27. The van der Waals surface area contributed by atoms with Gasteiger partial charge >= 0.3 is 0 Å². The second-order valence-electron chi connectivity index (χ2n) is 5.16. The van der Waals surface area contributed by atoms with Crippen molar-refractivity contribution >= 4 is 11.2 Å². The summed E-state index contributed by atoms with van der Waals surface area (Å²) >= 11 is 0. The lowest BCUT2D eigenvalue weighted by molar-refractivity contribution is 0.408.